The molecular weight excluding hydrogens is 280 g/mol. The first-order valence-corrected chi connectivity index (χ1v) is 6.76. The highest BCUT2D eigenvalue weighted by Crippen LogP contribution is 2.35. The highest BCUT2D eigenvalue weighted by molar-refractivity contribution is 9.09. The van der Waals surface area contributed by atoms with Crippen molar-refractivity contribution in [1.82, 2.24) is 9.97 Å². The number of halogens is 1. The van der Waals surface area contributed by atoms with Crippen molar-refractivity contribution in [2.75, 3.05) is 0 Å². The highest BCUT2D eigenvalue weighted by Gasteiger charge is 2.19. The molecular formula is C13H17BrN2O. The van der Waals surface area contributed by atoms with Gasteiger partial charge in [-0.05, 0) is 29.5 Å². The van der Waals surface area contributed by atoms with Gasteiger partial charge < -0.3 is 9.97 Å². The van der Waals surface area contributed by atoms with Crippen molar-refractivity contribution in [3.63, 3.8) is 0 Å². The molecule has 1 aromatic heterocycles. The summed E-state index contributed by atoms with van der Waals surface area (Å²) in [4.78, 5) is 17.0. The van der Waals surface area contributed by atoms with E-state index in [-0.39, 0.29) is 5.69 Å². The SMILES string of the molecule is CC(C)C(C)C(Br)c1ccc2[nH]c(=O)[nH]c2c1. The molecule has 0 aliphatic rings. The monoisotopic (exact) mass is 296 g/mol. The summed E-state index contributed by atoms with van der Waals surface area (Å²) in [5.74, 6) is 1.15. The lowest BCUT2D eigenvalue weighted by atomic mass is 9.91. The molecule has 0 radical (unpaired) electrons. The number of hydrogen-bond donors (Lipinski definition) is 2. The molecule has 2 aromatic rings. The number of H-pyrrole nitrogens is 2. The molecule has 0 bridgehead atoms. The quantitative estimate of drug-likeness (QED) is 0.836. The Labute approximate surface area is 109 Å². The van der Waals surface area contributed by atoms with Crippen molar-refractivity contribution in [2.24, 2.45) is 11.8 Å². The first-order valence-electron chi connectivity index (χ1n) is 5.85. The molecule has 0 amide bonds. The van der Waals surface area contributed by atoms with Crippen LogP contribution in [-0.2, 0) is 0 Å². The number of rotatable bonds is 3. The van der Waals surface area contributed by atoms with Crippen LogP contribution in [0.15, 0.2) is 23.0 Å². The zero-order valence-electron chi connectivity index (χ0n) is 10.3. The molecule has 2 unspecified atom stereocenters. The van der Waals surface area contributed by atoms with Gasteiger partial charge in [0.05, 0.1) is 11.0 Å². The van der Waals surface area contributed by atoms with Crippen molar-refractivity contribution in [3.05, 3.63) is 34.2 Å². The van der Waals surface area contributed by atoms with Crippen LogP contribution in [0.2, 0.25) is 0 Å². The fourth-order valence-corrected chi connectivity index (χ4v) is 2.76. The zero-order valence-corrected chi connectivity index (χ0v) is 11.8. The minimum atomic E-state index is -0.153. The first-order chi connectivity index (χ1) is 7.99. The maximum atomic E-state index is 11.2. The van der Waals surface area contributed by atoms with Gasteiger partial charge >= 0.3 is 5.69 Å². The van der Waals surface area contributed by atoms with Gasteiger partial charge in [-0.1, -0.05) is 42.8 Å². The molecule has 17 heavy (non-hydrogen) atoms. The molecule has 0 saturated heterocycles. The molecule has 2 atom stereocenters. The Morgan fingerprint density at radius 3 is 2.41 bits per heavy atom. The van der Waals surface area contributed by atoms with E-state index in [9.17, 15) is 4.79 Å². The number of imidazole rings is 1. The van der Waals surface area contributed by atoms with Gasteiger partial charge in [0, 0.05) is 4.83 Å². The van der Waals surface area contributed by atoms with E-state index in [1.54, 1.807) is 0 Å². The number of alkyl halides is 1. The molecule has 1 heterocycles. The Kier molecular flexibility index (Phi) is 3.43. The van der Waals surface area contributed by atoms with Gasteiger partial charge in [-0.25, -0.2) is 4.79 Å². The second-order valence-corrected chi connectivity index (χ2v) is 5.88. The second kappa shape index (κ2) is 4.69. The molecule has 0 aliphatic heterocycles. The van der Waals surface area contributed by atoms with Gasteiger partial charge in [-0.15, -0.1) is 0 Å². The normalized spacial score (nSPS) is 15.4. The van der Waals surface area contributed by atoms with Gasteiger partial charge in [-0.2, -0.15) is 0 Å². The van der Waals surface area contributed by atoms with E-state index >= 15 is 0 Å². The Bertz CT molecular complexity index is 570. The largest absolute Gasteiger partial charge is 0.323 e. The van der Waals surface area contributed by atoms with Crippen LogP contribution in [0.25, 0.3) is 11.0 Å². The molecule has 0 saturated carbocycles. The average molecular weight is 297 g/mol. The van der Waals surface area contributed by atoms with Gasteiger partial charge in [0.15, 0.2) is 0 Å². The molecule has 92 valence electrons. The van der Waals surface area contributed by atoms with Gasteiger partial charge in [0.1, 0.15) is 0 Å². The third kappa shape index (κ3) is 2.46. The summed E-state index contributed by atoms with van der Waals surface area (Å²) in [5.41, 5.74) is 2.78. The van der Waals surface area contributed by atoms with E-state index in [2.05, 4.69) is 52.7 Å². The maximum absolute atomic E-state index is 11.2. The van der Waals surface area contributed by atoms with Crippen LogP contribution in [0.3, 0.4) is 0 Å². The lowest BCUT2D eigenvalue weighted by Gasteiger charge is -2.22. The van der Waals surface area contributed by atoms with Crippen molar-refractivity contribution >= 4 is 27.0 Å². The lowest BCUT2D eigenvalue weighted by molar-refractivity contribution is 0.414. The number of aromatic amines is 2. The topological polar surface area (TPSA) is 48.6 Å². The number of benzene rings is 1. The lowest BCUT2D eigenvalue weighted by Crippen LogP contribution is -2.10. The number of hydrogen-bond acceptors (Lipinski definition) is 1. The van der Waals surface area contributed by atoms with Crippen LogP contribution in [-0.4, -0.2) is 9.97 Å². The predicted octanol–water partition coefficient (Wildman–Crippen LogP) is 3.58. The Morgan fingerprint density at radius 1 is 1.12 bits per heavy atom. The number of nitrogens with one attached hydrogen (secondary N) is 2. The number of fused-ring (bicyclic) bond motifs is 1. The maximum Gasteiger partial charge on any atom is 0.323 e. The van der Waals surface area contributed by atoms with Crippen molar-refractivity contribution < 1.29 is 0 Å². The van der Waals surface area contributed by atoms with E-state index in [0.29, 0.717) is 16.7 Å². The van der Waals surface area contributed by atoms with Gasteiger partial charge in [0.25, 0.3) is 0 Å². The van der Waals surface area contributed by atoms with Crippen LogP contribution >= 0.6 is 15.9 Å². The second-order valence-electron chi connectivity index (χ2n) is 4.89. The minimum absolute atomic E-state index is 0.153. The van der Waals surface area contributed by atoms with E-state index in [0.717, 1.165) is 11.0 Å². The first kappa shape index (κ1) is 12.4. The van der Waals surface area contributed by atoms with E-state index in [1.807, 2.05) is 12.1 Å². The summed E-state index contributed by atoms with van der Waals surface area (Å²) in [7, 11) is 0. The third-order valence-corrected chi connectivity index (χ3v) is 4.73. The zero-order chi connectivity index (χ0) is 12.6. The summed E-state index contributed by atoms with van der Waals surface area (Å²) < 4.78 is 0. The predicted molar refractivity (Wildman–Crippen MR) is 74.6 cm³/mol. The Hall–Kier alpha value is -1.03. The molecule has 0 aliphatic carbocycles. The van der Waals surface area contributed by atoms with Crippen molar-refractivity contribution in [1.29, 1.82) is 0 Å². The van der Waals surface area contributed by atoms with E-state index in [4.69, 9.17) is 0 Å². The fourth-order valence-electron chi connectivity index (χ4n) is 1.86. The van der Waals surface area contributed by atoms with Crippen LogP contribution in [0, 0.1) is 11.8 Å². The molecule has 4 heteroatoms. The summed E-state index contributed by atoms with van der Waals surface area (Å²) in [6, 6.07) is 6.04. The smallest absolute Gasteiger partial charge is 0.306 e. The molecule has 0 spiro atoms. The van der Waals surface area contributed by atoms with Crippen LogP contribution < -0.4 is 5.69 Å². The van der Waals surface area contributed by atoms with Crippen molar-refractivity contribution in [2.45, 2.75) is 25.6 Å². The van der Waals surface area contributed by atoms with Crippen LogP contribution in [0.4, 0.5) is 0 Å². The van der Waals surface area contributed by atoms with Crippen LogP contribution in [0.1, 0.15) is 31.2 Å². The van der Waals surface area contributed by atoms with Crippen molar-refractivity contribution in [3.8, 4) is 0 Å². The van der Waals surface area contributed by atoms with E-state index < -0.39 is 0 Å². The third-order valence-electron chi connectivity index (χ3n) is 3.37. The highest BCUT2D eigenvalue weighted by atomic mass is 79.9. The Balaban J connectivity index is 2.38. The van der Waals surface area contributed by atoms with E-state index in [1.165, 1.54) is 5.56 Å². The standard InChI is InChI=1S/C13H17BrN2O/c1-7(2)8(3)12(14)9-4-5-10-11(6-9)16-13(17)15-10/h4-8,12H,1-3H3,(H2,15,16,17). The minimum Gasteiger partial charge on any atom is -0.306 e. The van der Waals surface area contributed by atoms with Crippen LogP contribution in [0.5, 0.6) is 0 Å². The molecule has 2 rings (SSSR count). The van der Waals surface area contributed by atoms with Gasteiger partial charge in [-0.3, -0.25) is 0 Å². The summed E-state index contributed by atoms with van der Waals surface area (Å²) in [5, 5.41) is 0. The molecule has 2 N–H and O–H groups in total. The summed E-state index contributed by atoms with van der Waals surface area (Å²) in [6.45, 7) is 6.67. The summed E-state index contributed by atoms with van der Waals surface area (Å²) >= 11 is 3.74. The Morgan fingerprint density at radius 2 is 1.76 bits per heavy atom. The summed E-state index contributed by atoms with van der Waals surface area (Å²) in [6.07, 6.45) is 0. The fraction of sp³-hybridized carbons (Fsp3) is 0.462. The molecule has 3 nitrogen and oxygen atoms in total. The molecule has 0 fully saturated rings. The number of aromatic nitrogens is 2. The van der Waals surface area contributed by atoms with Gasteiger partial charge in [0.2, 0.25) is 0 Å². The molecule has 1 aromatic carbocycles. The average Bonchev–Trinajstić information content (AvgIpc) is 2.65.